The highest BCUT2D eigenvalue weighted by Crippen LogP contribution is 2.11. The highest BCUT2D eigenvalue weighted by atomic mass is 16.6. The Bertz CT molecular complexity index is 587. The molecule has 124 valence electrons. The Hall–Kier alpha value is -2.63. The molecule has 0 radical (unpaired) electrons. The van der Waals surface area contributed by atoms with Gasteiger partial charge in [0.1, 0.15) is 11.6 Å². The summed E-state index contributed by atoms with van der Waals surface area (Å²) in [5.74, 6) is -2.48. The average Bonchev–Trinajstić information content (AvgIpc) is 2.43. The molecule has 0 unspecified atom stereocenters. The van der Waals surface area contributed by atoms with Crippen LogP contribution in [-0.4, -0.2) is 34.6 Å². The van der Waals surface area contributed by atoms with Crippen LogP contribution in [0, 0.1) is 0 Å². The zero-order chi connectivity index (χ0) is 17.5. The summed E-state index contributed by atoms with van der Waals surface area (Å²) in [6, 6.07) is 8.26. The molecule has 0 spiro atoms. The van der Waals surface area contributed by atoms with Crippen molar-refractivity contribution in [1.29, 1.82) is 0 Å². The van der Waals surface area contributed by atoms with Gasteiger partial charge in [0.15, 0.2) is 0 Å². The first-order chi connectivity index (χ1) is 10.7. The maximum absolute atomic E-state index is 12.3. The zero-order valence-electron chi connectivity index (χ0n) is 13.4. The van der Waals surface area contributed by atoms with Crippen LogP contribution >= 0.6 is 0 Å². The summed E-state index contributed by atoms with van der Waals surface area (Å²) in [6.45, 7) is 5.20. The number of rotatable bonds is 6. The first kappa shape index (κ1) is 18.4. The number of ether oxygens (including phenoxy) is 1. The van der Waals surface area contributed by atoms with Crippen molar-refractivity contribution in [2.75, 3.05) is 0 Å². The number of hydrogen-bond donors (Lipinski definition) is 2. The molecular weight excluding hydrogens is 298 g/mol. The largest absolute Gasteiger partial charge is 0.478 e. The van der Waals surface area contributed by atoms with Gasteiger partial charge in [-0.1, -0.05) is 30.3 Å². The summed E-state index contributed by atoms with van der Waals surface area (Å²) in [7, 11) is 0. The number of benzene rings is 1. The van der Waals surface area contributed by atoms with Crippen LogP contribution in [0.25, 0.3) is 0 Å². The lowest BCUT2D eigenvalue weighted by Gasteiger charge is -2.24. The van der Waals surface area contributed by atoms with E-state index in [1.807, 2.05) is 30.3 Å². The van der Waals surface area contributed by atoms with Crippen molar-refractivity contribution in [2.24, 2.45) is 0 Å². The molecule has 0 aliphatic heterocycles. The molecule has 2 N–H and O–H groups in total. The normalized spacial score (nSPS) is 12.7. The number of nitrogens with one attached hydrogen (secondary N) is 1. The molecule has 1 atom stereocenters. The topological polar surface area (TPSA) is 92.7 Å². The summed E-state index contributed by atoms with van der Waals surface area (Å²) in [5.41, 5.74) is 0.166. The molecule has 0 bridgehead atoms. The van der Waals surface area contributed by atoms with E-state index in [0.717, 1.165) is 11.6 Å². The van der Waals surface area contributed by atoms with E-state index >= 15 is 0 Å². The first-order valence-corrected chi connectivity index (χ1v) is 7.15. The van der Waals surface area contributed by atoms with Crippen LogP contribution in [0.2, 0.25) is 0 Å². The molecule has 1 aromatic carbocycles. The maximum atomic E-state index is 12.3. The molecule has 0 aliphatic carbocycles. The number of carboxylic acids is 1. The van der Waals surface area contributed by atoms with Gasteiger partial charge in [-0.3, -0.25) is 4.79 Å². The molecule has 23 heavy (non-hydrogen) atoms. The van der Waals surface area contributed by atoms with Crippen LogP contribution in [0.5, 0.6) is 0 Å². The molecule has 6 heteroatoms. The highest BCUT2D eigenvalue weighted by molar-refractivity contribution is 5.96. The first-order valence-electron chi connectivity index (χ1n) is 7.15. The van der Waals surface area contributed by atoms with Crippen molar-refractivity contribution in [2.45, 2.75) is 38.8 Å². The lowest BCUT2D eigenvalue weighted by Crippen LogP contribution is -2.45. The van der Waals surface area contributed by atoms with Crippen molar-refractivity contribution < 1.29 is 24.2 Å². The van der Waals surface area contributed by atoms with E-state index in [-0.39, 0.29) is 6.42 Å². The molecular formula is C17H21NO5. The van der Waals surface area contributed by atoms with Gasteiger partial charge in [0, 0.05) is 18.6 Å². The standard InChI is InChI=1S/C17H21NO5/c1-17(2,3)23-16(22)13(11-12-7-5-4-6-8-12)18-14(19)9-10-15(20)21/h4-10,13H,11H2,1-3H3,(H,18,19)(H,20,21)/b10-9-/t13-/m0/s1. The average molecular weight is 319 g/mol. The second-order valence-corrected chi connectivity index (χ2v) is 5.96. The zero-order valence-corrected chi connectivity index (χ0v) is 13.4. The molecule has 1 aromatic rings. The van der Waals surface area contributed by atoms with Gasteiger partial charge in [0.05, 0.1) is 0 Å². The number of esters is 1. The monoisotopic (exact) mass is 319 g/mol. The molecule has 0 aromatic heterocycles. The summed E-state index contributed by atoms with van der Waals surface area (Å²) >= 11 is 0. The Labute approximate surface area is 135 Å². The Kier molecular flexibility index (Phi) is 6.50. The molecule has 0 aliphatic rings. The molecule has 0 saturated carbocycles. The van der Waals surface area contributed by atoms with Gasteiger partial charge in [-0.05, 0) is 26.3 Å². The number of carbonyl (C=O) groups excluding carboxylic acids is 2. The van der Waals surface area contributed by atoms with Crippen molar-refractivity contribution in [3.63, 3.8) is 0 Å². The second-order valence-electron chi connectivity index (χ2n) is 5.96. The SMILES string of the molecule is CC(C)(C)OC(=O)[C@H](Cc1ccccc1)NC(=O)/C=C\C(=O)O. The van der Waals surface area contributed by atoms with E-state index in [2.05, 4.69) is 5.32 Å². The fourth-order valence-corrected chi connectivity index (χ4v) is 1.78. The predicted molar refractivity (Wildman–Crippen MR) is 84.7 cm³/mol. The van der Waals surface area contributed by atoms with Crippen molar-refractivity contribution in [1.82, 2.24) is 5.32 Å². The second kappa shape index (κ2) is 8.12. The Morgan fingerprint density at radius 1 is 1.17 bits per heavy atom. The molecule has 0 saturated heterocycles. The third kappa shape index (κ3) is 7.80. The Morgan fingerprint density at radius 3 is 2.30 bits per heavy atom. The fourth-order valence-electron chi connectivity index (χ4n) is 1.78. The van der Waals surface area contributed by atoms with Crippen molar-refractivity contribution >= 4 is 17.8 Å². The third-order valence-electron chi connectivity index (χ3n) is 2.67. The lowest BCUT2D eigenvalue weighted by molar-refractivity contribution is -0.158. The van der Waals surface area contributed by atoms with Gasteiger partial charge in [-0.25, -0.2) is 9.59 Å². The van der Waals surface area contributed by atoms with Gasteiger partial charge in [0.25, 0.3) is 0 Å². The van der Waals surface area contributed by atoms with E-state index in [4.69, 9.17) is 9.84 Å². The van der Waals surface area contributed by atoms with Gasteiger partial charge >= 0.3 is 11.9 Å². The minimum atomic E-state index is -1.24. The van der Waals surface area contributed by atoms with Crippen LogP contribution < -0.4 is 5.32 Å². The van der Waals surface area contributed by atoms with E-state index < -0.39 is 29.5 Å². The minimum Gasteiger partial charge on any atom is -0.478 e. The molecule has 6 nitrogen and oxygen atoms in total. The van der Waals surface area contributed by atoms with Gasteiger partial charge < -0.3 is 15.2 Å². The van der Waals surface area contributed by atoms with Crippen molar-refractivity contribution in [3.05, 3.63) is 48.0 Å². The molecule has 1 amide bonds. The van der Waals surface area contributed by atoms with E-state index in [1.54, 1.807) is 20.8 Å². The molecule has 0 fully saturated rings. The van der Waals surface area contributed by atoms with Crippen LogP contribution in [-0.2, 0) is 25.5 Å². The lowest BCUT2D eigenvalue weighted by atomic mass is 10.1. The quantitative estimate of drug-likeness (QED) is 0.615. The Morgan fingerprint density at radius 2 is 1.78 bits per heavy atom. The Balaban J connectivity index is 2.85. The van der Waals surface area contributed by atoms with Crippen molar-refractivity contribution in [3.8, 4) is 0 Å². The van der Waals surface area contributed by atoms with Crippen LogP contribution in [0.4, 0.5) is 0 Å². The molecule has 1 rings (SSSR count). The van der Waals surface area contributed by atoms with Gasteiger partial charge in [0.2, 0.25) is 5.91 Å². The van der Waals surface area contributed by atoms with E-state index in [0.29, 0.717) is 6.08 Å². The summed E-state index contributed by atoms with van der Waals surface area (Å²) in [6.07, 6.45) is 1.83. The minimum absolute atomic E-state index is 0.252. The predicted octanol–water partition coefficient (Wildman–Crippen LogP) is 1.70. The van der Waals surface area contributed by atoms with E-state index in [1.165, 1.54) is 0 Å². The fraction of sp³-hybridized carbons (Fsp3) is 0.353. The van der Waals surface area contributed by atoms with Crippen LogP contribution in [0.15, 0.2) is 42.5 Å². The van der Waals surface area contributed by atoms with Gasteiger partial charge in [-0.15, -0.1) is 0 Å². The third-order valence-corrected chi connectivity index (χ3v) is 2.67. The number of aliphatic carboxylic acids is 1. The number of hydrogen-bond acceptors (Lipinski definition) is 4. The summed E-state index contributed by atoms with van der Waals surface area (Å²) in [4.78, 5) is 34.5. The maximum Gasteiger partial charge on any atom is 0.329 e. The van der Waals surface area contributed by atoms with E-state index in [9.17, 15) is 14.4 Å². The smallest absolute Gasteiger partial charge is 0.329 e. The highest BCUT2D eigenvalue weighted by Gasteiger charge is 2.26. The summed E-state index contributed by atoms with van der Waals surface area (Å²) in [5, 5.41) is 11.0. The molecule has 0 heterocycles. The van der Waals surface area contributed by atoms with Crippen LogP contribution in [0.3, 0.4) is 0 Å². The number of carbonyl (C=O) groups is 3. The van der Waals surface area contributed by atoms with Crippen LogP contribution in [0.1, 0.15) is 26.3 Å². The number of amides is 1. The van der Waals surface area contributed by atoms with Gasteiger partial charge in [-0.2, -0.15) is 0 Å². The summed E-state index contributed by atoms with van der Waals surface area (Å²) < 4.78 is 5.30. The number of carboxylic acid groups (broad SMARTS) is 1.